The molecule has 2 aromatic rings. The number of hydrogen-bond acceptors (Lipinski definition) is 6. The minimum Gasteiger partial charge on any atom is -1.00 e. The highest BCUT2D eigenvalue weighted by Gasteiger charge is 2.25. The fourth-order valence-corrected chi connectivity index (χ4v) is 3.84. The molecule has 2 N–H and O–H groups in total. The number of hydrogen-bond donors (Lipinski definition) is 2. The Hall–Kier alpha value is -1.94. The highest BCUT2D eigenvalue weighted by Crippen LogP contribution is 2.54. The van der Waals surface area contributed by atoms with E-state index in [9.17, 15) is 0 Å². The summed E-state index contributed by atoms with van der Waals surface area (Å²) in [5.74, 6) is 3.01. The van der Waals surface area contributed by atoms with Gasteiger partial charge in [0, 0.05) is 14.2 Å². The summed E-state index contributed by atoms with van der Waals surface area (Å²) in [6.07, 6.45) is 10.1. The predicted octanol–water partition coefficient (Wildman–Crippen LogP) is 0.892. The monoisotopic (exact) mass is 490 g/mol. The molecule has 0 atom stereocenters. The highest BCUT2D eigenvalue weighted by molar-refractivity contribution is 7.76. The molecule has 0 aromatic heterocycles. The zero-order chi connectivity index (χ0) is 20.9. The summed E-state index contributed by atoms with van der Waals surface area (Å²) in [4.78, 5) is 2.86. The zero-order valence-electron chi connectivity index (χ0n) is 16.1. The lowest BCUT2D eigenvalue weighted by Gasteiger charge is -2.01. The molecule has 30 heavy (non-hydrogen) atoms. The van der Waals surface area contributed by atoms with Gasteiger partial charge < -0.3 is 35.6 Å². The van der Waals surface area contributed by atoms with E-state index >= 15 is 0 Å². The standard InChI is InChI=1S/C7H7O3P.C6H4ClO2P.C5H4N.CH4O.ClH/c1-8-11-9-6-4-2-3-5-7(6)10-11;7-10-8-5-3-1-2-4-6(5)9-10;1-2-4-6-5-3-1;1-2;/h2-5H,1H3;1-4H;2-5H;2H,1H3;1H/q;;+1;;. The van der Waals surface area contributed by atoms with Gasteiger partial charge in [-0.05, 0) is 35.5 Å². The van der Waals surface area contributed by atoms with Gasteiger partial charge in [-0.25, -0.2) is 0 Å². The Morgan fingerprint density at radius 3 is 1.67 bits per heavy atom. The Balaban J connectivity index is 0.000000220. The van der Waals surface area contributed by atoms with Crippen molar-refractivity contribution in [2.75, 3.05) is 14.2 Å². The Morgan fingerprint density at radius 1 is 0.900 bits per heavy atom. The minimum absolute atomic E-state index is 0. The predicted molar refractivity (Wildman–Crippen MR) is 114 cm³/mol. The molecule has 160 valence electrons. The number of aliphatic hydroxyl groups excluding tert-OH is 1. The second-order valence-corrected chi connectivity index (χ2v) is 7.67. The van der Waals surface area contributed by atoms with Gasteiger partial charge in [-0.15, -0.1) is 4.99 Å². The maximum Gasteiger partial charge on any atom is 0.463 e. The van der Waals surface area contributed by atoms with Crippen LogP contribution in [0.1, 0.15) is 0 Å². The van der Waals surface area contributed by atoms with Gasteiger partial charge in [-0.1, -0.05) is 24.3 Å². The molecule has 0 fully saturated rings. The number of benzene rings is 2. The Kier molecular flexibility index (Phi) is 13.0. The van der Waals surface area contributed by atoms with Crippen molar-refractivity contribution in [2.45, 2.75) is 0 Å². The molecule has 0 saturated heterocycles. The largest absolute Gasteiger partial charge is 1.00 e. The lowest BCUT2D eigenvalue weighted by molar-refractivity contribution is -0.366. The molecular formula is C19H20Cl2NO6P2+. The van der Waals surface area contributed by atoms with E-state index < -0.39 is 16.3 Å². The van der Waals surface area contributed by atoms with Crippen molar-refractivity contribution in [3.05, 3.63) is 73.0 Å². The number of nitrogens with one attached hydrogen (secondary N) is 1. The average Bonchev–Trinajstić information content (AvgIpc) is 3.39. The lowest BCUT2D eigenvalue weighted by Crippen LogP contribution is -3.00. The molecule has 0 radical (unpaired) electrons. The number of fused-ring (bicyclic) bond motifs is 2. The fraction of sp³-hybridized carbons (Fsp3) is 0.105. The van der Waals surface area contributed by atoms with E-state index in [4.69, 9.17) is 39.0 Å². The third kappa shape index (κ3) is 8.43. The van der Waals surface area contributed by atoms with Crippen molar-refractivity contribution in [1.29, 1.82) is 0 Å². The quantitative estimate of drug-likeness (QED) is 0.456. The molecular weight excluding hydrogens is 471 g/mol. The van der Waals surface area contributed by atoms with Crippen LogP contribution in [0.15, 0.2) is 66.9 Å². The van der Waals surface area contributed by atoms with Gasteiger partial charge in [-0.2, -0.15) is 0 Å². The first-order valence-corrected chi connectivity index (χ1v) is 11.4. The van der Waals surface area contributed by atoms with Crippen LogP contribution < -0.4 is 35.5 Å². The fourth-order valence-electron chi connectivity index (χ4n) is 1.93. The molecule has 0 unspecified atom stereocenters. The van der Waals surface area contributed by atoms with E-state index in [2.05, 4.69) is 11.1 Å². The molecule has 0 spiro atoms. The van der Waals surface area contributed by atoms with Gasteiger partial charge in [0.05, 0.1) is 6.08 Å². The van der Waals surface area contributed by atoms with E-state index in [1.54, 1.807) is 7.11 Å². The number of halogens is 2. The van der Waals surface area contributed by atoms with Gasteiger partial charge in [0.15, 0.2) is 35.2 Å². The Labute approximate surface area is 189 Å². The summed E-state index contributed by atoms with van der Waals surface area (Å²) >= 11 is 5.60. The second kappa shape index (κ2) is 15.0. The molecule has 11 heteroatoms. The van der Waals surface area contributed by atoms with Crippen LogP contribution in [0.4, 0.5) is 0 Å². The van der Waals surface area contributed by atoms with Gasteiger partial charge in [0.1, 0.15) is 0 Å². The first-order chi connectivity index (χ1) is 14.3. The third-order valence-electron chi connectivity index (χ3n) is 3.08. The van der Waals surface area contributed by atoms with E-state index in [-0.39, 0.29) is 12.4 Å². The van der Waals surface area contributed by atoms with Gasteiger partial charge >= 0.3 is 16.3 Å². The van der Waals surface area contributed by atoms with E-state index in [1.165, 1.54) is 0 Å². The van der Waals surface area contributed by atoms with Crippen molar-refractivity contribution in [1.82, 2.24) is 0 Å². The molecule has 0 saturated carbocycles. The van der Waals surface area contributed by atoms with Crippen LogP contribution in [-0.2, 0) is 4.52 Å². The molecule has 0 bridgehead atoms. The molecule has 3 aliphatic rings. The molecule has 7 nitrogen and oxygen atoms in total. The summed E-state index contributed by atoms with van der Waals surface area (Å²) in [7, 11) is 0.178. The van der Waals surface area contributed by atoms with Crippen LogP contribution in [0.2, 0.25) is 0 Å². The van der Waals surface area contributed by atoms with Crippen LogP contribution in [0.5, 0.6) is 23.0 Å². The number of para-hydroxylation sites is 4. The molecule has 3 aliphatic heterocycles. The molecule has 3 heterocycles. The molecule has 0 aliphatic carbocycles. The molecule has 0 amide bonds. The van der Waals surface area contributed by atoms with Crippen LogP contribution in [0, 0.1) is 6.08 Å². The maximum atomic E-state index is 7.00. The zero-order valence-corrected chi connectivity index (χ0v) is 19.4. The van der Waals surface area contributed by atoms with Crippen molar-refractivity contribution in [3.8, 4) is 23.0 Å². The number of allylic oxidation sites excluding steroid dienone is 3. The summed E-state index contributed by atoms with van der Waals surface area (Å²) < 4.78 is 25.7. The normalized spacial score (nSPS) is 14.0. The van der Waals surface area contributed by atoms with Crippen LogP contribution >= 0.6 is 27.6 Å². The Bertz CT molecular complexity index is 768. The SMILES string of the molecule is CO.COP1Oc2ccccc2O1.ClP1Oc2ccccc2O1.[C+]1=CC=[NH+]C=C1.[Cl-]. The van der Waals surface area contributed by atoms with E-state index in [1.807, 2.05) is 73.1 Å². The number of rotatable bonds is 1. The molecule has 2 aromatic carbocycles. The van der Waals surface area contributed by atoms with Crippen molar-refractivity contribution < 1.29 is 45.1 Å². The van der Waals surface area contributed by atoms with Crippen LogP contribution in [-0.4, -0.2) is 25.5 Å². The van der Waals surface area contributed by atoms with Crippen molar-refractivity contribution in [3.63, 3.8) is 0 Å². The molecule has 5 rings (SSSR count). The minimum atomic E-state index is -1.22. The van der Waals surface area contributed by atoms with Crippen molar-refractivity contribution in [2.24, 2.45) is 0 Å². The van der Waals surface area contributed by atoms with E-state index in [0.717, 1.165) is 30.1 Å². The topological polar surface area (TPSA) is 80.4 Å². The maximum absolute atomic E-state index is 7.00. The first kappa shape index (κ1) is 26.1. The van der Waals surface area contributed by atoms with E-state index in [0.29, 0.717) is 0 Å². The third-order valence-corrected chi connectivity index (χ3v) is 5.17. The summed E-state index contributed by atoms with van der Waals surface area (Å²) in [5, 5.41) is 7.00. The van der Waals surface area contributed by atoms with Crippen molar-refractivity contribution >= 4 is 33.8 Å². The lowest BCUT2D eigenvalue weighted by atomic mass is 10.3. The second-order valence-electron chi connectivity index (χ2n) is 4.88. The van der Waals surface area contributed by atoms with Gasteiger partial charge in [-0.3, -0.25) is 4.52 Å². The summed E-state index contributed by atoms with van der Waals surface area (Å²) in [5.41, 5.74) is 0. The average molecular weight is 491 g/mol. The summed E-state index contributed by atoms with van der Waals surface area (Å²) in [6, 6.07) is 14.9. The van der Waals surface area contributed by atoms with Crippen LogP contribution in [0.3, 0.4) is 0 Å². The smallest absolute Gasteiger partial charge is 0.463 e. The van der Waals surface area contributed by atoms with Crippen LogP contribution in [0.25, 0.3) is 0 Å². The summed E-state index contributed by atoms with van der Waals surface area (Å²) in [6.45, 7) is 0. The Morgan fingerprint density at radius 2 is 1.37 bits per heavy atom. The first-order valence-electron chi connectivity index (χ1n) is 8.23. The highest BCUT2D eigenvalue weighted by atomic mass is 35.7. The van der Waals surface area contributed by atoms with Gasteiger partial charge in [0.2, 0.25) is 0 Å². The number of aliphatic hydroxyl groups is 1. The van der Waals surface area contributed by atoms with Gasteiger partial charge in [0.25, 0.3) is 12.4 Å².